The van der Waals surface area contributed by atoms with E-state index in [1.807, 2.05) is 35.7 Å². The molecule has 0 bridgehead atoms. The van der Waals surface area contributed by atoms with E-state index in [0.29, 0.717) is 17.1 Å². The highest BCUT2D eigenvalue weighted by atomic mass is 32.2. The Morgan fingerprint density at radius 1 is 1.07 bits per heavy atom. The number of aromatic nitrogens is 4. The molecule has 4 aromatic rings. The maximum Gasteiger partial charge on any atom is 0.296 e. The monoisotopic (exact) mass is 429 g/mol. The van der Waals surface area contributed by atoms with Crippen molar-refractivity contribution in [2.75, 3.05) is 4.72 Å². The van der Waals surface area contributed by atoms with Gasteiger partial charge in [-0.3, -0.25) is 18.9 Å². The number of nitrogens with one attached hydrogen (secondary N) is 1. The zero-order valence-electron chi connectivity index (χ0n) is 16.0. The quantitative estimate of drug-likeness (QED) is 0.528. The zero-order valence-corrected chi connectivity index (χ0v) is 17.7. The summed E-state index contributed by atoms with van der Waals surface area (Å²) in [5.41, 5.74) is 1.07. The molecule has 3 heterocycles. The third-order valence-electron chi connectivity index (χ3n) is 4.63. The molecule has 0 saturated heterocycles. The van der Waals surface area contributed by atoms with Crippen LogP contribution < -0.4 is 10.3 Å². The Morgan fingerprint density at radius 2 is 1.79 bits per heavy atom. The third-order valence-corrected chi connectivity index (χ3v) is 6.86. The van der Waals surface area contributed by atoms with Crippen LogP contribution >= 0.6 is 11.3 Å². The van der Waals surface area contributed by atoms with Gasteiger partial charge in [-0.2, -0.15) is 5.10 Å². The Morgan fingerprint density at radius 3 is 2.45 bits per heavy atom. The molecule has 0 radical (unpaired) electrons. The van der Waals surface area contributed by atoms with E-state index in [4.69, 9.17) is 0 Å². The van der Waals surface area contributed by atoms with Gasteiger partial charge in [-0.05, 0) is 30.5 Å². The maximum absolute atomic E-state index is 13.2. The van der Waals surface area contributed by atoms with Crippen LogP contribution in [-0.4, -0.2) is 27.6 Å². The van der Waals surface area contributed by atoms with Gasteiger partial charge in [0.15, 0.2) is 0 Å². The lowest BCUT2D eigenvalue weighted by Gasteiger charge is -2.07. The average molecular weight is 430 g/mol. The molecule has 1 N–H and O–H groups in total. The number of benzene rings is 1. The highest BCUT2D eigenvalue weighted by molar-refractivity contribution is 7.92. The van der Waals surface area contributed by atoms with Gasteiger partial charge in [-0.15, -0.1) is 11.3 Å². The van der Waals surface area contributed by atoms with E-state index in [1.54, 1.807) is 37.8 Å². The first-order chi connectivity index (χ1) is 13.8. The molecular formula is C19H19N5O3S2. The highest BCUT2D eigenvalue weighted by Gasteiger charge is 2.27. The molecule has 0 amide bonds. The summed E-state index contributed by atoms with van der Waals surface area (Å²) in [6.45, 7) is 1.70. The van der Waals surface area contributed by atoms with Crippen molar-refractivity contribution < 1.29 is 8.42 Å². The molecule has 0 unspecified atom stereocenters. The number of aryl methyl sites for hydroxylation is 1. The normalized spacial score (nSPS) is 11.7. The van der Waals surface area contributed by atoms with Crippen LogP contribution in [0.1, 0.15) is 5.69 Å². The van der Waals surface area contributed by atoms with Gasteiger partial charge in [-0.1, -0.05) is 24.3 Å². The molecule has 10 heteroatoms. The summed E-state index contributed by atoms with van der Waals surface area (Å²) in [4.78, 5) is 13.8. The van der Waals surface area contributed by atoms with Gasteiger partial charge >= 0.3 is 0 Å². The lowest BCUT2D eigenvalue weighted by Crippen LogP contribution is -2.23. The van der Waals surface area contributed by atoms with Crippen LogP contribution in [0.4, 0.5) is 5.69 Å². The second-order valence-electron chi connectivity index (χ2n) is 6.53. The van der Waals surface area contributed by atoms with Gasteiger partial charge in [0.25, 0.3) is 15.6 Å². The molecule has 1 aromatic carbocycles. The molecule has 0 aliphatic heterocycles. The number of rotatable bonds is 5. The van der Waals surface area contributed by atoms with E-state index in [2.05, 4.69) is 9.82 Å². The van der Waals surface area contributed by atoms with Crippen LogP contribution in [0, 0.1) is 6.92 Å². The van der Waals surface area contributed by atoms with Crippen LogP contribution in [0.5, 0.6) is 0 Å². The molecule has 4 rings (SSSR count). The van der Waals surface area contributed by atoms with Crippen molar-refractivity contribution in [2.45, 2.75) is 11.8 Å². The Hall–Kier alpha value is -3.11. The molecule has 0 saturated carbocycles. The molecule has 0 spiro atoms. The number of thiophene rings is 1. The van der Waals surface area contributed by atoms with E-state index in [-0.39, 0.29) is 10.6 Å². The van der Waals surface area contributed by atoms with Crippen LogP contribution in [0.3, 0.4) is 0 Å². The van der Waals surface area contributed by atoms with Crippen LogP contribution in [0.2, 0.25) is 0 Å². The number of sulfonamides is 1. The van der Waals surface area contributed by atoms with Crippen LogP contribution in [0.25, 0.3) is 16.3 Å². The first-order valence-corrected chi connectivity index (χ1v) is 11.1. The standard InChI is InChI=1S/C19H19N5O3S2/c1-13-17(19(25)24(23(13)3)14-8-5-4-6-9-14)21-29(26,27)16-12-22(2)20-18(16)15-10-7-11-28-15/h4-12,21H,1-3H3. The Balaban J connectivity index is 1.81. The third kappa shape index (κ3) is 3.30. The molecule has 0 aliphatic carbocycles. The fourth-order valence-electron chi connectivity index (χ4n) is 3.12. The van der Waals surface area contributed by atoms with Crippen LogP contribution in [0.15, 0.2) is 63.7 Å². The summed E-state index contributed by atoms with van der Waals surface area (Å²) in [5.74, 6) is 0. The van der Waals surface area contributed by atoms with Gasteiger partial charge in [0, 0.05) is 20.3 Å². The summed E-state index contributed by atoms with van der Waals surface area (Å²) < 4.78 is 33.3. The van der Waals surface area contributed by atoms with Gasteiger partial charge in [-0.25, -0.2) is 13.1 Å². The van der Waals surface area contributed by atoms with Gasteiger partial charge in [0.05, 0.1) is 16.3 Å². The number of nitrogens with zero attached hydrogens (tertiary/aromatic N) is 4. The molecule has 0 aliphatic rings. The van der Waals surface area contributed by atoms with Crippen molar-refractivity contribution >= 4 is 27.0 Å². The number of para-hydroxylation sites is 1. The molecular weight excluding hydrogens is 410 g/mol. The van der Waals surface area contributed by atoms with E-state index >= 15 is 0 Å². The minimum atomic E-state index is -4.03. The van der Waals surface area contributed by atoms with E-state index in [0.717, 1.165) is 4.88 Å². The fourth-order valence-corrected chi connectivity index (χ4v) is 5.22. The average Bonchev–Trinajstić information content (AvgIpc) is 3.39. The summed E-state index contributed by atoms with van der Waals surface area (Å²) >= 11 is 1.40. The Kier molecular flexibility index (Phi) is 4.67. The van der Waals surface area contributed by atoms with Gasteiger partial charge in [0.1, 0.15) is 16.3 Å². The number of hydrogen-bond donors (Lipinski definition) is 1. The first kappa shape index (κ1) is 19.2. The number of hydrogen-bond acceptors (Lipinski definition) is 5. The van der Waals surface area contributed by atoms with Crippen molar-refractivity contribution in [3.8, 4) is 16.3 Å². The molecule has 3 aromatic heterocycles. The maximum atomic E-state index is 13.2. The van der Waals surface area contributed by atoms with Crippen molar-refractivity contribution in [2.24, 2.45) is 14.1 Å². The van der Waals surface area contributed by atoms with Gasteiger partial charge < -0.3 is 0 Å². The smallest absolute Gasteiger partial charge is 0.283 e. The molecule has 0 atom stereocenters. The van der Waals surface area contributed by atoms with Crippen LogP contribution in [-0.2, 0) is 24.1 Å². The Labute approximate surface area is 171 Å². The molecule has 0 fully saturated rings. The fraction of sp³-hybridized carbons (Fsp3) is 0.158. The predicted molar refractivity (Wildman–Crippen MR) is 113 cm³/mol. The van der Waals surface area contributed by atoms with E-state index < -0.39 is 15.6 Å². The SMILES string of the molecule is Cc1c(NS(=O)(=O)c2cn(C)nc2-c2cccs2)c(=O)n(-c2ccccc2)n1C. The largest absolute Gasteiger partial charge is 0.296 e. The van der Waals surface area contributed by atoms with E-state index in [9.17, 15) is 13.2 Å². The summed E-state index contributed by atoms with van der Waals surface area (Å²) in [7, 11) is -0.663. The Bertz CT molecular complexity index is 1330. The van der Waals surface area contributed by atoms with Crippen molar-refractivity contribution in [1.82, 2.24) is 19.1 Å². The molecule has 150 valence electrons. The minimum Gasteiger partial charge on any atom is -0.283 e. The summed E-state index contributed by atoms with van der Waals surface area (Å²) in [6.07, 6.45) is 1.44. The van der Waals surface area contributed by atoms with Crippen molar-refractivity contribution in [3.05, 3.63) is 70.1 Å². The summed E-state index contributed by atoms with van der Waals surface area (Å²) in [6, 6.07) is 12.7. The molecule has 8 nitrogen and oxygen atoms in total. The van der Waals surface area contributed by atoms with Crippen molar-refractivity contribution in [3.63, 3.8) is 0 Å². The van der Waals surface area contributed by atoms with Gasteiger partial charge in [0.2, 0.25) is 0 Å². The molecule has 29 heavy (non-hydrogen) atoms. The predicted octanol–water partition coefficient (Wildman–Crippen LogP) is 2.75. The topological polar surface area (TPSA) is 90.9 Å². The summed E-state index contributed by atoms with van der Waals surface area (Å²) in [5, 5.41) is 6.15. The van der Waals surface area contributed by atoms with Crippen molar-refractivity contribution in [1.29, 1.82) is 0 Å². The second kappa shape index (κ2) is 7.05. The zero-order chi connectivity index (χ0) is 20.8. The van der Waals surface area contributed by atoms with E-state index in [1.165, 1.54) is 26.9 Å². The highest BCUT2D eigenvalue weighted by Crippen LogP contribution is 2.30. The number of anilines is 1. The first-order valence-electron chi connectivity index (χ1n) is 8.74. The second-order valence-corrected chi connectivity index (χ2v) is 9.13. The lowest BCUT2D eigenvalue weighted by molar-refractivity contribution is 0.601. The lowest BCUT2D eigenvalue weighted by atomic mass is 10.3. The minimum absolute atomic E-state index is 0.0114.